The van der Waals surface area contributed by atoms with Gasteiger partial charge in [-0.2, -0.15) is 0 Å². The normalized spacial score (nSPS) is 11.8. The van der Waals surface area contributed by atoms with E-state index < -0.39 is 10.0 Å². The number of nitrogens with zero attached hydrogens (tertiary/aromatic N) is 1. The molecule has 0 bridgehead atoms. The Hall–Kier alpha value is -1.07. The largest absolute Gasteiger partial charge is 0.313 e. The van der Waals surface area contributed by atoms with Crippen molar-refractivity contribution in [2.24, 2.45) is 0 Å². The average Bonchev–Trinajstić information content (AvgIpc) is 2.30. The first kappa shape index (κ1) is 15.0. The minimum absolute atomic E-state index is 0.119. The quantitative estimate of drug-likeness (QED) is 0.822. The Morgan fingerprint density at radius 1 is 1.22 bits per heavy atom. The van der Waals surface area contributed by atoms with Crippen molar-refractivity contribution < 1.29 is 8.42 Å². The van der Waals surface area contributed by atoms with Gasteiger partial charge in [-0.25, -0.2) is 8.42 Å². The third kappa shape index (κ3) is 4.31. The van der Waals surface area contributed by atoms with Crippen LogP contribution in [0.5, 0.6) is 0 Å². The van der Waals surface area contributed by atoms with Crippen LogP contribution in [0.4, 0.5) is 5.69 Å². The fourth-order valence-electron chi connectivity index (χ4n) is 1.72. The van der Waals surface area contributed by atoms with Gasteiger partial charge in [0.1, 0.15) is 0 Å². The zero-order chi connectivity index (χ0) is 13.6. The summed E-state index contributed by atoms with van der Waals surface area (Å²) in [5, 5.41) is 3.13. The van der Waals surface area contributed by atoms with Crippen molar-refractivity contribution >= 4 is 15.7 Å². The maximum Gasteiger partial charge on any atom is 0.236 e. The molecule has 0 unspecified atom stereocenters. The molecule has 4 nitrogen and oxygen atoms in total. The molecule has 0 aromatic heterocycles. The number of para-hydroxylation sites is 1. The van der Waals surface area contributed by atoms with E-state index in [-0.39, 0.29) is 5.75 Å². The molecule has 18 heavy (non-hydrogen) atoms. The van der Waals surface area contributed by atoms with Gasteiger partial charge in [-0.15, -0.1) is 0 Å². The molecule has 1 aromatic rings. The fraction of sp³-hybridized carbons (Fsp3) is 0.538. The molecule has 0 heterocycles. The van der Waals surface area contributed by atoms with Crippen LogP contribution in [0.25, 0.3) is 0 Å². The average molecular weight is 270 g/mol. The highest BCUT2D eigenvalue weighted by atomic mass is 32.2. The third-order valence-corrected chi connectivity index (χ3v) is 4.44. The van der Waals surface area contributed by atoms with Gasteiger partial charge < -0.3 is 5.32 Å². The van der Waals surface area contributed by atoms with Gasteiger partial charge in [0.25, 0.3) is 0 Å². The number of nitrogens with one attached hydrogen (secondary N) is 1. The summed E-state index contributed by atoms with van der Waals surface area (Å²) in [5.41, 5.74) is 0.726. The molecule has 102 valence electrons. The number of rotatable bonds is 7. The molecule has 0 atom stereocenters. The van der Waals surface area contributed by atoms with Crippen LogP contribution in [0.15, 0.2) is 30.3 Å². The summed E-state index contributed by atoms with van der Waals surface area (Å²) < 4.78 is 25.9. The lowest BCUT2D eigenvalue weighted by Gasteiger charge is -2.23. The van der Waals surface area contributed by atoms with Crippen LogP contribution in [0.3, 0.4) is 0 Å². The lowest BCUT2D eigenvalue weighted by atomic mass is 10.3. The maximum absolute atomic E-state index is 12.2. The number of sulfonamides is 1. The highest BCUT2D eigenvalue weighted by molar-refractivity contribution is 7.92. The van der Waals surface area contributed by atoms with Crippen molar-refractivity contribution in [2.75, 3.05) is 23.1 Å². The molecule has 1 aromatic carbocycles. The molecular weight excluding hydrogens is 248 g/mol. The van der Waals surface area contributed by atoms with Gasteiger partial charge in [0.15, 0.2) is 0 Å². The second kappa shape index (κ2) is 6.75. The standard InChI is InChI=1S/C13H22N2O2S/c1-4-15(13-8-6-5-7-9-13)18(16,17)11-10-14-12(2)3/h5-9,12,14H,4,10-11H2,1-3H3. The van der Waals surface area contributed by atoms with Gasteiger partial charge in [0.05, 0.1) is 11.4 Å². The molecule has 0 spiro atoms. The van der Waals surface area contributed by atoms with E-state index in [0.29, 0.717) is 19.1 Å². The van der Waals surface area contributed by atoms with Crippen LogP contribution < -0.4 is 9.62 Å². The minimum Gasteiger partial charge on any atom is -0.313 e. The van der Waals surface area contributed by atoms with E-state index in [1.807, 2.05) is 51.1 Å². The smallest absolute Gasteiger partial charge is 0.236 e. The lowest BCUT2D eigenvalue weighted by Crippen LogP contribution is -2.37. The van der Waals surface area contributed by atoms with Gasteiger partial charge in [-0.3, -0.25) is 4.31 Å². The summed E-state index contributed by atoms with van der Waals surface area (Å²) in [6, 6.07) is 9.50. The van der Waals surface area contributed by atoms with Gasteiger partial charge in [-0.05, 0) is 19.1 Å². The molecule has 5 heteroatoms. The minimum atomic E-state index is -3.25. The SMILES string of the molecule is CCN(c1ccccc1)S(=O)(=O)CCNC(C)C. The van der Waals surface area contributed by atoms with E-state index >= 15 is 0 Å². The Bertz CT molecular complexity index is 443. The van der Waals surface area contributed by atoms with Crippen molar-refractivity contribution in [3.8, 4) is 0 Å². The molecule has 0 aliphatic rings. The van der Waals surface area contributed by atoms with Gasteiger partial charge >= 0.3 is 0 Å². The second-order valence-corrected chi connectivity index (χ2v) is 6.44. The highest BCUT2D eigenvalue weighted by Crippen LogP contribution is 2.17. The monoisotopic (exact) mass is 270 g/mol. The predicted molar refractivity (Wildman–Crippen MR) is 76.4 cm³/mol. The molecule has 0 amide bonds. The molecule has 0 aliphatic heterocycles. The Kier molecular flexibility index (Phi) is 5.62. The van der Waals surface area contributed by atoms with E-state index in [4.69, 9.17) is 0 Å². The maximum atomic E-state index is 12.2. The van der Waals surface area contributed by atoms with Crippen LogP contribution in [-0.2, 0) is 10.0 Å². The Labute approximate surface area is 110 Å². The van der Waals surface area contributed by atoms with E-state index in [0.717, 1.165) is 5.69 Å². The first-order valence-electron chi connectivity index (χ1n) is 6.26. The first-order chi connectivity index (χ1) is 8.47. The molecule has 1 N–H and O–H groups in total. The summed E-state index contributed by atoms with van der Waals surface area (Å²) >= 11 is 0. The number of benzene rings is 1. The second-order valence-electron chi connectivity index (χ2n) is 4.43. The van der Waals surface area contributed by atoms with E-state index in [1.54, 1.807) is 0 Å². The van der Waals surface area contributed by atoms with Gasteiger partial charge in [0, 0.05) is 19.1 Å². The number of hydrogen-bond donors (Lipinski definition) is 1. The predicted octanol–water partition coefficient (Wildman–Crippen LogP) is 1.84. The molecule has 0 fully saturated rings. The summed E-state index contributed by atoms with van der Waals surface area (Å²) in [5.74, 6) is 0.119. The van der Waals surface area contributed by atoms with Crippen molar-refractivity contribution in [2.45, 2.75) is 26.8 Å². The summed E-state index contributed by atoms with van der Waals surface area (Å²) in [4.78, 5) is 0. The molecule has 1 rings (SSSR count). The van der Waals surface area contributed by atoms with Crippen LogP contribution in [0.2, 0.25) is 0 Å². The Morgan fingerprint density at radius 3 is 2.33 bits per heavy atom. The number of anilines is 1. The summed E-state index contributed by atoms with van der Waals surface area (Å²) in [6.45, 7) is 6.78. The Balaban J connectivity index is 2.75. The van der Waals surface area contributed by atoms with Gasteiger partial charge in [-0.1, -0.05) is 32.0 Å². The first-order valence-corrected chi connectivity index (χ1v) is 7.87. The topological polar surface area (TPSA) is 49.4 Å². The molecule has 0 aliphatic carbocycles. The summed E-state index contributed by atoms with van der Waals surface area (Å²) in [6.07, 6.45) is 0. The summed E-state index contributed by atoms with van der Waals surface area (Å²) in [7, 11) is -3.25. The van der Waals surface area contributed by atoms with Crippen LogP contribution in [0.1, 0.15) is 20.8 Å². The van der Waals surface area contributed by atoms with E-state index in [2.05, 4.69) is 5.32 Å². The number of hydrogen-bond acceptors (Lipinski definition) is 3. The lowest BCUT2D eigenvalue weighted by molar-refractivity contribution is 0.575. The molecule has 0 saturated carbocycles. The zero-order valence-electron chi connectivity index (χ0n) is 11.3. The van der Waals surface area contributed by atoms with Crippen LogP contribution >= 0.6 is 0 Å². The van der Waals surface area contributed by atoms with E-state index in [1.165, 1.54) is 4.31 Å². The van der Waals surface area contributed by atoms with Crippen LogP contribution in [-0.4, -0.2) is 33.3 Å². The highest BCUT2D eigenvalue weighted by Gasteiger charge is 2.20. The molecular formula is C13H22N2O2S. The molecule has 0 saturated heterocycles. The zero-order valence-corrected chi connectivity index (χ0v) is 12.1. The fourth-order valence-corrected chi connectivity index (χ4v) is 3.15. The van der Waals surface area contributed by atoms with Crippen LogP contribution in [0, 0.1) is 0 Å². The Morgan fingerprint density at radius 2 is 1.83 bits per heavy atom. The van der Waals surface area contributed by atoms with Crippen molar-refractivity contribution in [3.05, 3.63) is 30.3 Å². The van der Waals surface area contributed by atoms with Crippen molar-refractivity contribution in [3.63, 3.8) is 0 Å². The van der Waals surface area contributed by atoms with Crippen molar-refractivity contribution in [1.29, 1.82) is 0 Å². The van der Waals surface area contributed by atoms with E-state index in [9.17, 15) is 8.42 Å². The van der Waals surface area contributed by atoms with Crippen molar-refractivity contribution in [1.82, 2.24) is 5.32 Å². The molecule has 0 radical (unpaired) electrons. The van der Waals surface area contributed by atoms with Gasteiger partial charge in [0.2, 0.25) is 10.0 Å². The third-order valence-electron chi connectivity index (χ3n) is 2.58.